The Morgan fingerprint density at radius 1 is 1.28 bits per heavy atom. The molecule has 0 amide bonds. The van der Waals surface area contributed by atoms with E-state index >= 15 is 0 Å². The van der Waals surface area contributed by atoms with Gasteiger partial charge in [-0.3, -0.25) is 19.0 Å². The van der Waals surface area contributed by atoms with Gasteiger partial charge in [0.1, 0.15) is 5.69 Å². The van der Waals surface area contributed by atoms with Gasteiger partial charge in [-0.25, -0.2) is 0 Å². The zero-order valence-electron chi connectivity index (χ0n) is 10.5. The van der Waals surface area contributed by atoms with Gasteiger partial charge in [-0.1, -0.05) is 0 Å². The van der Waals surface area contributed by atoms with Crippen molar-refractivity contribution in [3.05, 3.63) is 35.4 Å². The second-order valence-electron chi connectivity index (χ2n) is 4.17. The van der Waals surface area contributed by atoms with Gasteiger partial charge in [-0.15, -0.1) is 0 Å². The van der Waals surface area contributed by atoms with Gasteiger partial charge in [-0.05, 0) is 13.0 Å². The summed E-state index contributed by atoms with van der Waals surface area (Å²) in [6, 6.07) is 1.60. The van der Waals surface area contributed by atoms with Gasteiger partial charge in [-0.2, -0.15) is 10.2 Å². The first-order valence-corrected chi connectivity index (χ1v) is 5.53. The van der Waals surface area contributed by atoms with Crippen molar-refractivity contribution in [1.82, 2.24) is 19.6 Å². The van der Waals surface area contributed by atoms with Crippen LogP contribution in [0.2, 0.25) is 0 Å². The van der Waals surface area contributed by atoms with Crippen LogP contribution in [0, 0.1) is 6.92 Å². The fourth-order valence-corrected chi connectivity index (χ4v) is 1.85. The summed E-state index contributed by atoms with van der Waals surface area (Å²) in [7, 11) is 3.42. The normalized spacial score (nSPS) is 10.6. The Labute approximate surface area is 104 Å². The first kappa shape index (κ1) is 12.2. The van der Waals surface area contributed by atoms with E-state index in [-0.39, 0.29) is 18.0 Å². The van der Waals surface area contributed by atoms with Crippen molar-refractivity contribution < 1.29 is 9.59 Å². The van der Waals surface area contributed by atoms with E-state index in [2.05, 4.69) is 10.2 Å². The highest BCUT2D eigenvalue weighted by Crippen LogP contribution is 2.11. The van der Waals surface area contributed by atoms with Crippen LogP contribution in [0.4, 0.5) is 0 Å². The minimum Gasteiger partial charge on any atom is -0.294 e. The van der Waals surface area contributed by atoms with Crippen LogP contribution in [0.5, 0.6) is 0 Å². The van der Waals surface area contributed by atoms with Crippen molar-refractivity contribution in [1.29, 1.82) is 0 Å². The minimum absolute atomic E-state index is 0.161. The third-order valence-electron chi connectivity index (χ3n) is 2.74. The number of rotatable bonds is 4. The van der Waals surface area contributed by atoms with Gasteiger partial charge in [0.05, 0.1) is 17.7 Å². The van der Waals surface area contributed by atoms with Crippen LogP contribution in [-0.2, 0) is 14.1 Å². The first-order valence-electron chi connectivity index (χ1n) is 5.53. The maximum atomic E-state index is 12.0. The maximum absolute atomic E-state index is 12.0. The van der Waals surface area contributed by atoms with Crippen LogP contribution in [0.1, 0.15) is 33.0 Å². The van der Waals surface area contributed by atoms with Crippen LogP contribution in [0.25, 0.3) is 0 Å². The van der Waals surface area contributed by atoms with Gasteiger partial charge >= 0.3 is 0 Å². The summed E-state index contributed by atoms with van der Waals surface area (Å²) < 4.78 is 3.03. The van der Waals surface area contributed by atoms with Crippen molar-refractivity contribution >= 4 is 11.6 Å². The number of carbonyl (C=O) groups excluding carboxylic acids is 2. The molecule has 0 fully saturated rings. The molecular weight excluding hydrogens is 232 g/mol. The summed E-state index contributed by atoms with van der Waals surface area (Å²) in [6.07, 6.45) is 3.01. The summed E-state index contributed by atoms with van der Waals surface area (Å²) >= 11 is 0. The smallest absolute Gasteiger partial charge is 0.188 e. The third-order valence-corrected chi connectivity index (χ3v) is 2.74. The highest BCUT2D eigenvalue weighted by Gasteiger charge is 2.19. The van der Waals surface area contributed by atoms with Crippen LogP contribution in [-0.4, -0.2) is 31.1 Å². The van der Waals surface area contributed by atoms with Crippen molar-refractivity contribution in [2.45, 2.75) is 13.3 Å². The molecule has 0 aliphatic carbocycles. The largest absolute Gasteiger partial charge is 0.294 e. The molecule has 0 N–H and O–H groups in total. The molecule has 2 aromatic rings. The highest BCUT2D eigenvalue weighted by atomic mass is 16.1. The second kappa shape index (κ2) is 4.56. The van der Waals surface area contributed by atoms with Crippen molar-refractivity contribution in [3.63, 3.8) is 0 Å². The zero-order chi connectivity index (χ0) is 13.3. The lowest BCUT2D eigenvalue weighted by molar-refractivity contribution is 0.0889. The molecule has 2 heterocycles. The Morgan fingerprint density at radius 3 is 2.50 bits per heavy atom. The number of hydrogen-bond acceptors (Lipinski definition) is 4. The topological polar surface area (TPSA) is 69.8 Å². The molecule has 0 spiro atoms. The lowest BCUT2D eigenvalue weighted by Gasteiger charge is -2.00. The quantitative estimate of drug-likeness (QED) is 0.594. The third kappa shape index (κ3) is 2.22. The van der Waals surface area contributed by atoms with Crippen LogP contribution < -0.4 is 0 Å². The Bertz CT molecular complexity index is 609. The number of ketones is 2. The molecule has 2 rings (SSSR count). The molecular formula is C12H14N4O2. The molecule has 0 radical (unpaired) electrons. The molecule has 0 aromatic carbocycles. The highest BCUT2D eigenvalue weighted by molar-refractivity contribution is 6.13. The SMILES string of the molecule is Cc1nn(C)cc1C(=O)CC(=O)c1ccnn1C. The summed E-state index contributed by atoms with van der Waals surface area (Å²) in [5.74, 6) is -0.449. The van der Waals surface area contributed by atoms with Crippen LogP contribution in [0.3, 0.4) is 0 Å². The molecule has 0 atom stereocenters. The zero-order valence-corrected chi connectivity index (χ0v) is 10.5. The number of aryl methyl sites for hydroxylation is 3. The monoisotopic (exact) mass is 246 g/mol. The molecule has 0 unspecified atom stereocenters. The standard InChI is InChI=1S/C12H14N4O2/c1-8-9(7-15(2)14-8)11(17)6-12(18)10-4-5-13-16(10)3/h4-5,7H,6H2,1-3H3. The predicted molar refractivity (Wildman–Crippen MR) is 64.4 cm³/mol. The van der Waals surface area contributed by atoms with Crippen LogP contribution in [0.15, 0.2) is 18.5 Å². The molecule has 0 aliphatic rings. The molecule has 0 saturated carbocycles. The molecule has 0 aliphatic heterocycles. The second-order valence-corrected chi connectivity index (χ2v) is 4.17. The van der Waals surface area contributed by atoms with Gasteiger partial charge in [0, 0.05) is 26.5 Å². The first-order chi connectivity index (χ1) is 8.49. The molecule has 2 aromatic heterocycles. The summed E-state index contributed by atoms with van der Waals surface area (Å²) in [4.78, 5) is 23.9. The van der Waals surface area contributed by atoms with E-state index in [1.807, 2.05) is 0 Å². The summed E-state index contributed by atoms with van der Waals surface area (Å²) in [6.45, 7) is 1.75. The fourth-order valence-electron chi connectivity index (χ4n) is 1.85. The number of Topliss-reactive ketones (excluding diaryl/α,β-unsaturated/α-hetero) is 2. The van der Waals surface area contributed by atoms with E-state index < -0.39 is 0 Å². The number of nitrogens with zero attached hydrogens (tertiary/aromatic N) is 4. The summed E-state index contributed by atoms with van der Waals surface area (Å²) in [5.41, 5.74) is 1.57. The van der Waals surface area contributed by atoms with Crippen molar-refractivity contribution in [2.75, 3.05) is 0 Å². The van der Waals surface area contributed by atoms with Gasteiger partial charge < -0.3 is 0 Å². The Morgan fingerprint density at radius 2 is 2.00 bits per heavy atom. The Hall–Kier alpha value is -2.24. The minimum atomic E-state index is -0.233. The van der Waals surface area contributed by atoms with Crippen molar-refractivity contribution in [2.24, 2.45) is 14.1 Å². The number of hydrogen-bond donors (Lipinski definition) is 0. The van der Waals surface area contributed by atoms with E-state index in [0.717, 1.165) is 0 Å². The average Bonchev–Trinajstić information content (AvgIpc) is 2.84. The Kier molecular flexibility index (Phi) is 3.10. The van der Waals surface area contributed by atoms with Crippen molar-refractivity contribution in [3.8, 4) is 0 Å². The fraction of sp³-hybridized carbons (Fsp3) is 0.333. The van der Waals surface area contributed by atoms with Crippen LogP contribution >= 0.6 is 0 Å². The number of carbonyl (C=O) groups is 2. The van der Waals surface area contributed by atoms with E-state index in [1.165, 1.54) is 10.9 Å². The van der Waals surface area contributed by atoms with E-state index in [1.54, 1.807) is 38.0 Å². The molecule has 18 heavy (non-hydrogen) atoms. The molecule has 0 saturated heterocycles. The van der Waals surface area contributed by atoms with E-state index in [4.69, 9.17) is 0 Å². The maximum Gasteiger partial charge on any atom is 0.188 e. The van der Waals surface area contributed by atoms with E-state index in [9.17, 15) is 9.59 Å². The molecule has 0 bridgehead atoms. The molecule has 6 nitrogen and oxygen atoms in total. The average molecular weight is 246 g/mol. The molecule has 6 heteroatoms. The summed E-state index contributed by atoms with van der Waals surface area (Å²) in [5, 5.41) is 7.99. The Balaban J connectivity index is 2.16. The lowest BCUT2D eigenvalue weighted by atomic mass is 10.1. The number of aromatic nitrogens is 4. The van der Waals surface area contributed by atoms with Gasteiger partial charge in [0.25, 0.3) is 0 Å². The lowest BCUT2D eigenvalue weighted by Crippen LogP contribution is -2.12. The predicted octanol–water partition coefficient (Wildman–Crippen LogP) is 0.918. The van der Waals surface area contributed by atoms with Gasteiger partial charge in [0.15, 0.2) is 11.6 Å². The van der Waals surface area contributed by atoms with Gasteiger partial charge in [0.2, 0.25) is 0 Å². The molecule has 94 valence electrons. The van der Waals surface area contributed by atoms with E-state index in [0.29, 0.717) is 17.0 Å².